The number of ether oxygens (including phenoxy) is 1. The number of hydrogen-bond donors (Lipinski definition) is 0. The minimum Gasteiger partial charge on any atom is -0.465 e. The van der Waals surface area contributed by atoms with Crippen LogP contribution in [0.3, 0.4) is 0 Å². The van der Waals surface area contributed by atoms with Crippen LogP contribution in [0.15, 0.2) is 40.4 Å². The highest BCUT2D eigenvalue weighted by atomic mass is 32.2. The summed E-state index contributed by atoms with van der Waals surface area (Å²) in [7, 11) is -3.51. The van der Waals surface area contributed by atoms with E-state index in [0.717, 1.165) is 0 Å². The maximum atomic E-state index is 12.5. The Labute approximate surface area is 158 Å². The normalized spacial score (nSPS) is 11.7. The van der Waals surface area contributed by atoms with Gasteiger partial charge in [-0.3, -0.25) is 4.79 Å². The van der Waals surface area contributed by atoms with E-state index < -0.39 is 9.84 Å². The zero-order chi connectivity index (χ0) is 19.2. The standard InChI is InChI=1S/C17H23N3O4S2/c1-4-20-15(12-26(22,23)14-8-6-5-7-9-14)18-19-17(20)25-11-16(21)24-10-13(2)3/h5-9,13H,4,10-12H2,1-3H3. The minimum atomic E-state index is -3.51. The molecule has 0 aliphatic rings. The fourth-order valence-electron chi connectivity index (χ4n) is 2.16. The van der Waals surface area contributed by atoms with Crippen molar-refractivity contribution in [3.8, 4) is 0 Å². The molecular formula is C17H23N3O4S2. The Balaban J connectivity index is 2.07. The van der Waals surface area contributed by atoms with Crippen molar-refractivity contribution in [2.24, 2.45) is 5.92 Å². The van der Waals surface area contributed by atoms with Gasteiger partial charge in [0.2, 0.25) is 0 Å². The quantitative estimate of drug-likeness (QED) is 0.474. The van der Waals surface area contributed by atoms with Gasteiger partial charge in [0.05, 0.1) is 17.3 Å². The molecule has 7 nitrogen and oxygen atoms in total. The molecule has 1 aromatic heterocycles. The number of carbonyl (C=O) groups excluding carboxylic acids is 1. The van der Waals surface area contributed by atoms with Crippen LogP contribution in [0.25, 0.3) is 0 Å². The molecule has 1 aromatic carbocycles. The number of rotatable bonds is 9. The maximum absolute atomic E-state index is 12.5. The summed E-state index contributed by atoms with van der Waals surface area (Å²) < 4.78 is 31.9. The molecule has 0 fully saturated rings. The summed E-state index contributed by atoms with van der Waals surface area (Å²) in [6.07, 6.45) is 0. The molecule has 0 saturated heterocycles. The van der Waals surface area contributed by atoms with Gasteiger partial charge in [-0.05, 0) is 25.0 Å². The second kappa shape index (κ2) is 9.18. The molecule has 0 amide bonds. The average Bonchev–Trinajstić information content (AvgIpc) is 2.99. The monoisotopic (exact) mass is 397 g/mol. The number of thioether (sulfide) groups is 1. The van der Waals surface area contributed by atoms with E-state index in [2.05, 4.69) is 10.2 Å². The molecule has 2 rings (SSSR count). The van der Waals surface area contributed by atoms with Crippen LogP contribution < -0.4 is 0 Å². The number of hydrogen-bond acceptors (Lipinski definition) is 7. The molecule has 0 aliphatic heterocycles. The molecule has 0 spiro atoms. The van der Waals surface area contributed by atoms with Gasteiger partial charge in [-0.25, -0.2) is 8.42 Å². The maximum Gasteiger partial charge on any atom is 0.316 e. The fraction of sp³-hybridized carbons (Fsp3) is 0.471. The molecule has 0 bridgehead atoms. The Morgan fingerprint density at radius 3 is 2.54 bits per heavy atom. The third kappa shape index (κ3) is 5.57. The SMILES string of the molecule is CCn1c(CS(=O)(=O)c2ccccc2)nnc1SCC(=O)OCC(C)C. The van der Waals surface area contributed by atoms with E-state index in [0.29, 0.717) is 24.1 Å². The van der Waals surface area contributed by atoms with E-state index in [1.165, 1.54) is 11.8 Å². The number of nitrogens with zero attached hydrogens (tertiary/aromatic N) is 3. The lowest BCUT2D eigenvalue weighted by atomic mass is 10.2. The van der Waals surface area contributed by atoms with Crippen LogP contribution in [0.4, 0.5) is 0 Å². The van der Waals surface area contributed by atoms with Crippen LogP contribution in [0, 0.1) is 5.92 Å². The van der Waals surface area contributed by atoms with Crippen molar-refractivity contribution in [2.75, 3.05) is 12.4 Å². The van der Waals surface area contributed by atoms with Crippen molar-refractivity contribution in [1.82, 2.24) is 14.8 Å². The lowest BCUT2D eigenvalue weighted by Gasteiger charge is -2.09. The third-order valence-corrected chi connectivity index (χ3v) is 6.00. The highest BCUT2D eigenvalue weighted by molar-refractivity contribution is 7.99. The fourth-order valence-corrected chi connectivity index (χ4v) is 4.27. The van der Waals surface area contributed by atoms with Gasteiger partial charge in [0.15, 0.2) is 15.0 Å². The number of esters is 1. The number of sulfone groups is 1. The molecule has 0 unspecified atom stereocenters. The lowest BCUT2D eigenvalue weighted by molar-refractivity contribution is -0.141. The molecule has 0 N–H and O–H groups in total. The van der Waals surface area contributed by atoms with Crippen molar-refractivity contribution in [3.63, 3.8) is 0 Å². The van der Waals surface area contributed by atoms with Gasteiger partial charge in [0, 0.05) is 6.54 Å². The minimum absolute atomic E-state index is 0.107. The van der Waals surface area contributed by atoms with Gasteiger partial charge in [-0.2, -0.15) is 0 Å². The van der Waals surface area contributed by atoms with Crippen molar-refractivity contribution >= 4 is 27.6 Å². The van der Waals surface area contributed by atoms with Gasteiger partial charge < -0.3 is 9.30 Å². The average molecular weight is 398 g/mol. The van der Waals surface area contributed by atoms with E-state index in [1.807, 2.05) is 20.8 Å². The smallest absolute Gasteiger partial charge is 0.316 e. The molecule has 0 radical (unpaired) electrons. The largest absolute Gasteiger partial charge is 0.465 e. The molecular weight excluding hydrogens is 374 g/mol. The van der Waals surface area contributed by atoms with Crippen LogP contribution in [0.1, 0.15) is 26.6 Å². The van der Waals surface area contributed by atoms with Gasteiger partial charge in [-0.1, -0.05) is 43.8 Å². The Morgan fingerprint density at radius 2 is 1.92 bits per heavy atom. The summed E-state index contributed by atoms with van der Waals surface area (Å²) in [6.45, 7) is 6.70. The Kier molecular flexibility index (Phi) is 7.22. The Morgan fingerprint density at radius 1 is 1.23 bits per heavy atom. The molecule has 9 heteroatoms. The first-order valence-corrected chi connectivity index (χ1v) is 11.0. The summed E-state index contributed by atoms with van der Waals surface area (Å²) >= 11 is 1.19. The van der Waals surface area contributed by atoms with E-state index >= 15 is 0 Å². The first-order valence-electron chi connectivity index (χ1n) is 8.31. The molecule has 2 aromatic rings. The summed E-state index contributed by atoms with van der Waals surface area (Å²) in [5.41, 5.74) is 0. The van der Waals surface area contributed by atoms with E-state index in [9.17, 15) is 13.2 Å². The summed E-state index contributed by atoms with van der Waals surface area (Å²) in [4.78, 5) is 12.0. The summed E-state index contributed by atoms with van der Waals surface area (Å²) in [5, 5.41) is 8.55. The van der Waals surface area contributed by atoms with Crippen molar-refractivity contribution in [3.05, 3.63) is 36.2 Å². The van der Waals surface area contributed by atoms with E-state index in [1.54, 1.807) is 34.9 Å². The summed E-state index contributed by atoms with van der Waals surface area (Å²) in [6, 6.07) is 8.24. The van der Waals surface area contributed by atoms with Gasteiger partial charge in [0.25, 0.3) is 0 Å². The van der Waals surface area contributed by atoms with Crippen LogP contribution in [-0.4, -0.2) is 41.5 Å². The van der Waals surface area contributed by atoms with Gasteiger partial charge in [0.1, 0.15) is 11.6 Å². The van der Waals surface area contributed by atoms with Gasteiger partial charge >= 0.3 is 5.97 Å². The second-order valence-corrected chi connectivity index (χ2v) is 9.01. The Bertz CT molecular complexity index is 833. The first-order chi connectivity index (χ1) is 12.3. The predicted molar refractivity (Wildman–Crippen MR) is 99.5 cm³/mol. The zero-order valence-corrected chi connectivity index (χ0v) is 16.7. The Hall–Kier alpha value is -1.87. The van der Waals surface area contributed by atoms with Crippen LogP contribution in [0.2, 0.25) is 0 Å². The topological polar surface area (TPSA) is 91.1 Å². The van der Waals surface area contributed by atoms with Crippen LogP contribution >= 0.6 is 11.8 Å². The highest BCUT2D eigenvalue weighted by Gasteiger charge is 2.21. The lowest BCUT2D eigenvalue weighted by Crippen LogP contribution is -2.13. The summed E-state index contributed by atoms with van der Waals surface area (Å²) in [5.74, 6) is 0.173. The van der Waals surface area contributed by atoms with E-state index in [4.69, 9.17) is 4.74 Å². The van der Waals surface area contributed by atoms with Crippen molar-refractivity contribution < 1.29 is 17.9 Å². The third-order valence-electron chi connectivity index (χ3n) is 3.43. The number of aromatic nitrogens is 3. The van der Waals surface area contributed by atoms with Crippen LogP contribution in [-0.2, 0) is 31.7 Å². The molecule has 0 saturated carbocycles. The molecule has 0 atom stereocenters. The molecule has 0 aliphatic carbocycles. The van der Waals surface area contributed by atoms with Crippen LogP contribution in [0.5, 0.6) is 0 Å². The zero-order valence-electron chi connectivity index (χ0n) is 15.1. The number of carbonyl (C=O) groups is 1. The molecule has 142 valence electrons. The second-order valence-electron chi connectivity index (χ2n) is 6.08. The predicted octanol–water partition coefficient (Wildman–Crippen LogP) is 2.56. The van der Waals surface area contributed by atoms with Gasteiger partial charge in [-0.15, -0.1) is 10.2 Å². The number of benzene rings is 1. The van der Waals surface area contributed by atoms with Crippen molar-refractivity contribution in [2.45, 2.75) is 43.1 Å². The highest BCUT2D eigenvalue weighted by Crippen LogP contribution is 2.21. The molecule has 26 heavy (non-hydrogen) atoms. The van der Waals surface area contributed by atoms with E-state index in [-0.39, 0.29) is 28.3 Å². The van der Waals surface area contributed by atoms with Crippen molar-refractivity contribution in [1.29, 1.82) is 0 Å². The first kappa shape index (κ1) is 20.4. The molecule has 1 heterocycles.